The van der Waals surface area contributed by atoms with Gasteiger partial charge in [0.05, 0.1) is 17.6 Å². The number of rotatable bonds is 2. The summed E-state index contributed by atoms with van der Waals surface area (Å²) < 4.78 is 6.97. The Labute approximate surface area is 113 Å². The van der Waals surface area contributed by atoms with Crippen LogP contribution in [-0.2, 0) is 4.74 Å². The predicted molar refractivity (Wildman–Crippen MR) is 67.8 cm³/mol. The zero-order valence-corrected chi connectivity index (χ0v) is 10.6. The third kappa shape index (κ3) is 1.92. The zero-order valence-electron chi connectivity index (χ0n) is 9.85. The quantitative estimate of drug-likeness (QED) is 0.738. The molecule has 0 saturated carbocycles. The van der Waals surface area contributed by atoms with Crippen molar-refractivity contribution in [3.05, 3.63) is 29.5 Å². The van der Waals surface area contributed by atoms with E-state index in [1.165, 1.54) is 4.57 Å². The molecule has 102 valence electrons. The monoisotopic (exact) mass is 284 g/mol. The largest absolute Gasteiger partial charge is 0.394 e. The number of fused-ring (bicyclic) bond motifs is 1. The Hall–Kier alpha value is -1.18. The molecule has 6 nitrogen and oxygen atoms in total. The normalized spacial score (nSPS) is 31.2. The molecule has 0 spiro atoms. The highest BCUT2D eigenvalue weighted by Crippen LogP contribution is 2.34. The average molecular weight is 285 g/mol. The minimum absolute atomic E-state index is 0.163. The second-order valence-electron chi connectivity index (χ2n) is 4.47. The van der Waals surface area contributed by atoms with Crippen molar-refractivity contribution >= 4 is 22.6 Å². The molecular weight excluding hydrogens is 272 g/mol. The number of halogens is 1. The van der Waals surface area contributed by atoms with E-state index >= 15 is 0 Å². The van der Waals surface area contributed by atoms with Crippen LogP contribution in [0.2, 0.25) is 5.28 Å². The molecule has 1 aliphatic rings. The Balaban J connectivity index is 2.07. The summed E-state index contributed by atoms with van der Waals surface area (Å²) in [6, 6.07) is 7.23. The lowest BCUT2D eigenvalue weighted by Crippen LogP contribution is -2.33. The molecule has 1 saturated heterocycles. The van der Waals surface area contributed by atoms with Crippen molar-refractivity contribution < 1.29 is 20.1 Å². The lowest BCUT2D eigenvalue weighted by molar-refractivity contribution is -0.0507. The van der Waals surface area contributed by atoms with Crippen LogP contribution in [0.5, 0.6) is 0 Å². The van der Waals surface area contributed by atoms with Gasteiger partial charge in [-0.25, -0.2) is 4.98 Å². The van der Waals surface area contributed by atoms with Gasteiger partial charge in [-0.05, 0) is 23.7 Å². The number of ether oxygens (including phenoxy) is 1. The van der Waals surface area contributed by atoms with Gasteiger partial charge in [-0.15, -0.1) is 0 Å². The van der Waals surface area contributed by atoms with Gasteiger partial charge in [0.15, 0.2) is 6.23 Å². The number of aromatic nitrogens is 2. The molecule has 2 heterocycles. The highest BCUT2D eigenvalue weighted by atomic mass is 35.5. The average Bonchev–Trinajstić information content (AvgIpc) is 2.88. The maximum absolute atomic E-state index is 10.0. The predicted octanol–water partition coefficient (Wildman–Crippen LogP) is 0.301. The van der Waals surface area contributed by atoms with Gasteiger partial charge >= 0.3 is 0 Å². The fraction of sp³-hybridized carbons (Fsp3) is 0.417. The van der Waals surface area contributed by atoms with Crippen molar-refractivity contribution in [3.63, 3.8) is 0 Å². The SMILES string of the molecule is OC[C@@H]1O[C@@H](n2c(Cl)nc3ccccc32)[C@@H](O)[C@@H]1O. The van der Waals surface area contributed by atoms with E-state index in [4.69, 9.17) is 21.4 Å². The molecule has 3 rings (SSSR count). The Morgan fingerprint density at radius 3 is 2.68 bits per heavy atom. The van der Waals surface area contributed by atoms with Crippen molar-refractivity contribution in [2.45, 2.75) is 24.5 Å². The maximum Gasteiger partial charge on any atom is 0.205 e. The number of aliphatic hydroxyl groups is 3. The Bertz CT molecular complexity index is 602. The number of imidazole rings is 1. The summed E-state index contributed by atoms with van der Waals surface area (Å²) in [5.74, 6) is 0. The fourth-order valence-corrected chi connectivity index (χ4v) is 2.63. The summed E-state index contributed by atoms with van der Waals surface area (Å²) in [5, 5.41) is 29.1. The van der Waals surface area contributed by atoms with E-state index in [0.29, 0.717) is 11.0 Å². The Morgan fingerprint density at radius 1 is 1.26 bits per heavy atom. The number of nitrogens with zero attached hydrogens (tertiary/aromatic N) is 2. The van der Waals surface area contributed by atoms with Crippen molar-refractivity contribution in [1.29, 1.82) is 0 Å². The third-order valence-electron chi connectivity index (χ3n) is 3.32. The zero-order chi connectivity index (χ0) is 13.6. The summed E-state index contributed by atoms with van der Waals surface area (Å²) in [7, 11) is 0. The number of hydrogen-bond donors (Lipinski definition) is 3. The lowest BCUT2D eigenvalue weighted by Gasteiger charge is -2.18. The van der Waals surface area contributed by atoms with Crippen LogP contribution < -0.4 is 0 Å². The molecule has 7 heteroatoms. The van der Waals surface area contributed by atoms with Crippen LogP contribution in [0.15, 0.2) is 24.3 Å². The summed E-state index contributed by atoms with van der Waals surface area (Å²) in [6.45, 7) is -0.376. The van der Waals surface area contributed by atoms with Crippen LogP contribution in [0.4, 0.5) is 0 Å². The second-order valence-corrected chi connectivity index (χ2v) is 4.81. The first-order valence-electron chi connectivity index (χ1n) is 5.88. The number of hydrogen-bond acceptors (Lipinski definition) is 5. The van der Waals surface area contributed by atoms with Crippen LogP contribution >= 0.6 is 11.6 Å². The molecule has 1 aromatic heterocycles. The molecule has 1 fully saturated rings. The second kappa shape index (κ2) is 4.73. The van der Waals surface area contributed by atoms with E-state index < -0.39 is 24.5 Å². The van der Waals surface area contributed by atoms with Crippen molar-refractivity contribution in [2.24, 2.45) is 0 Å². The fourth-order valence-electron chi connectivity index (χ4n) is 2.35. The minimum atomic E-state index is -1.17. The number of para-hydroxylation sites is 2. The van der Waals surface area contributed by atoms with Crippen molar-refractivity contribution in [1.82, 2.24) is 9.55 Å². The van der Waals surface area contributed by atoms with Crippen LogP contribution in [0, 0.1) is 0 Å². The van der Waals surface area contributed by atoms with Gasteiger partial charge < -0.3 is 20.1 Å². The third-order valence-corrected chi connectivity index (χ3v) is 3.59. The molecule has 4 atom stereocenters. The van der Waals surface area contributed by atoms with Gasteiger partial charge in [0.1, 0.15) is 18.3 Å². The summed E-state index contributed by atoms with van der Waals surface area (Å²) >= 11 is 6.07. The van der Waals surface area contributed by atoms with E-state index in [1.54, 1.807) is 12.1 Å². The lowest BCUT2D eigenvalue weighted by atomic mass is 10.1. The number of aliphatic hydroxyl groups excluding tert-OH is 3. The number of benzene rings is 1. The minimum Gasteiger partial charge on any atom is -0.394 e. The first kappa shape index (κ1) is 12.8. The van der Waals surface area contributed by atoms with E-state index in [-0.39, 0.29) is 11.9 Å². The Morgan fingerprint density at radius 2 is 2.00 bits per heavy atom. The van der Waals surface area contributed by atoms with E-state index in [1.807, 2.05) is 12.1 Å². The van der Waals surface area contributed by atoms with Gasteiger partial charge in [0, 0.05) is 0 Å². The standard InChI is InChI=1S/C12H13ClN2O4/c13-12-14-6-3-1-2-4-7(6)15(12)11-10(18)9(17)8(5-16)19-11/h1-4,8-11,16-18H,5H2/t8-,9+,10-,11+/m0/s1. The smallest absolute Gasteiger partial charge is 0.205 e. The summed E-state index contributed by atoms with van der Waals surface area (Å²) in [6.07, 6.45) is -4.04. The summed E-state index contributed by atoms with van der Waals surface area (Å²) in [5.41, 5.74) is 1.37. The first-order chi connectivity index (χ1) is 9.13. The van der Waals surface area contributed by atoms with Crippen LogP contribution in [0.1, 0.15) is 6.23 Å². The molecule has 0 radical (unpaired) electrons. The molecular formula is C12H13ClN2O4. The van der Waals surface area contributed by atoms with Gasteiger partial charge in [-0.2, -0.15) is 0 Å². The molecule has 3 N–H and O–H groups in total. The van der Waals surface area contributed by atoms with Gasteiger partial charge in [-0.3, -0.25) is 4.57 Å². The van der Waals surface area contributed by atoms with Crippen molar-refractivity contribution in [2.75, 3.05) is 6.61 Å². The molecule has 19 heavy (non-hydrogen) atoms. The van der Waals surface area contributed by atoms with Gasteiger partial charge in [-0.1, -0.05) is 12.1 Å². The van der Waals surface area contributed by atoms with Crippen LogP contribution in [0.25, 0.3) is 11.0 Å². The van der Waals surface area contributed by atoms with Crippen molar-refractivity contribution in [3.8, 4) is 0 Å². The van der Waals surface area contributed by atoms with E-state index in [0.717, 1.165) is 0 Å². The van der Waals surface area contributed by atoms with Gasteiger partial charge in [0.25, 0.3) is 0 Å². The topological polar surface area (TPSA) is 87.7 Å². The van der Waals surface area contributed by atoms with E-state index in [2.05, 4.69) is 4.98 Å². The highest BCUT2D eigenvalue weighted by Gasteiger charge is 2.44. The molecule has 0 aliphatic carbocycles. The highest BCUT2D eigenvalue weighted by molar-refractivity contribution is 6.29. The summed E-state index contributed by atoms with van der Waals surface area (Å²) in [4.78, 5) is 4.16. The molecule has 0 amide bonds. The molecule has 1 aliphatic heterocycles. The Kier molecular flexibility index (Phi) is 3.20. The molecule has 0 unspecified atom stereocenters. The molecule has 2 aromatic rings. The van der Waals surface area contributed by atoms with Crippen LogP contribution in [-0.4, -0.2) is 49.8 Å². The van der Waals surface area contributed by atoms with E-state index in [9.17, 15) is 10.2 Å². The molecule has 1 aromatic carbocycles. The van der Waals surface area contributed by atoms with Gasteiger partial charge in [0.2, 0.25) is 5.28 Å². The molecule has 0 bridgehead atoms. The van der Waals surface area contributed by atoms with Crippen LogP contribution in [0.3, 0.4) is 0 Å². The maximum atomic E-state index is 10.0. The first-order valence-corrected chi connectivity index (χ1v) is 6.26.